The highest BCUT2D eigenvalue weighted by Crippen LogP contribution is 2.44. The van der Waals surface area contributed by atoms with E-state index in [4.69, 9.17) is 18.9 Å². The first-order valence-corrected chi connectivity index (χ1v) is 16.9. The minimum absolute atomic E-state index is 0.0106. The van der Waals surface area contributed by atoms with Crippen molar-refractivity contribution in [3.05, 3.63) is 131 Å². The van der Waals surface area contributed by atoms with E-state index in [9.17, 15) is 9.90 Å². The van der Waals surface area contributed by atoms with Gasteiger partial charge in [-0.2, -0.15) is 0 Å². The van der Waals surface area contributed by atoms with Crippen molar-refractivity contribution >= 4 is 17.8 Å². The molecule has 242 valence electrons. The Labute approximate surface area is 279 Å². The van der Waals surface area contributed by atoms with Gasteiger partial charge in [0.15, 0.2) is 12.1 Å². The molecule has 1 aliphatic rings. The Balaban J connectivity index is 1.24. The zero-order valence-electron chi connectivity index (χ0n) is 26.5. The van der Waals surface area contributed by atoms with Crippen LogP contribution in [0.1, 0.15) is 48.5 Å². The van der Waals surface area contributed by atoms with Crippen LogP contribution in [0.4, 0.5) is 4.79 Å². The van der Waals surface area contributed by atoms with Gasteiger partial charge in [0.1, 0.15) is 5.69 Å². The summed E-state index contributed by atoms with van der Waals surface area (Å²) in [5, 5.41) is 15.8. The van der Waals surface area contributed by atoms with Gasteiger partial charge in [-0.15, -0.1) is 0 Å². The molecule has 1 aromatic heterocycles. The van der Waals surface area contributed by atoms with Crippen LogP contribution in [0.15, 0.2) is 119 Å². The number of aliphatic hydroxyl groups excluding tert-OH is 1. The van der Waals surface area contributed by atoms with Crippen molar-refractivity contribution in [3.8, 4) is 22.6 Å². The number of nitrogens with zero attached hydrogens (tertiary/aromatic N) is 1. The first-order chi connectivity index (χ1) is 23.0. The number of carbonyl (C=O) groups excluding carboxylic acids is 1. The van der Waals surface area contributed by atoms with Gasteiger partial charge in [-0.05, 0) is 23.6 Å². The third-order valence-electron chi connectivity index (χ3n) is 8.23. The minimum atomic E-state index is -0.603. The molecule has 8 nitrogen and oxygen atoms in total. The van der Waals surface area contributed by atoms with Crippen LogP contribution >= 0.6 is 11.8 Å². The molecule has 0 radical (unpaired) electrons. The fraction of sp³-hybridized carbons (Fsp3) is 0.263. The number of hydrogen-bond donors (Lipinski definition) is 3. The van der Waals surface area contributed by atoms with E-state index in [0.29, 0.717) is 24.1 Å². The van der Waals surface area contributed by atoms with Crippen LogP contribution in [0.2, 0.25) is 0 Å². The number of carbonyl (C=O) groups is 1. The lowest BCUT2D eigenvalue weighted by molar-refractivity contribution is -0.268. The number of urea groups is 1. The van der Waals surface area contributed by atoms with E-state index in [1.54, 1.807) is 0 Å². The number of rotatable bonds is 11. The van der Waals surface area contributed by atoms with E-state index in [2.05, 4.69) is 17.6 Å². The maximum absolute atomic E-state index is 11.8. The Kier molecular flexibility index (Phi) is 10.7. The highest BCUT2D eigenvalue weighted by molar-refractivity contribution is 7.99. The number of amides is 2. The lowest BCUT2D eigenvalue weighted by Crippen LogP contribution is -2.38. The third-order valence-corrected chi connectivity index (χ3v) is 9.14. The quantitative estimate of drug-likeness (QED) is 0.125. The van der Waals surface area contributed by atoms with Crippen LogP contribution in [0.3, 0.4) is 0 Å². The molecular weight excluding hydrogens is 611 g/mol. The average Bonchev–Trinajstić information content (AvgIpc) is 3.56. The number of thioether (sulfide) groups is 1. The molecule has 1 saturated heterocycles. The molecule has 5 aromatic rings. The van der Waals surface area contributed by atoms with Crippen LogP contribution < -0.4 is 10.6 Å². The van der Waals surface area contributed by atoms with E-state index in [-0.39, 0.29) is 30.8 Å². The molecule has 0 bridgehead atoms. The molecule has 1 aliphatic heterocycles. The van der Waals surface area contributed by atoms with Crippen molar-refractivity contribution in [1.29, 1.82) is 0 Å². The molecule has 2 amide bonds. The topological polar surface area (TPSA) is 106 Å². The molecule has 1 fully saturated rings. The normalized spacial score (nSPS) is 19.3. The maximum Gasteiger partial charge on any atom is 0.315 e. The minimum Gasteiger partial charge on any atom is -0.431 e. The smallest absolute Gasteiger partial charge is 0.315 e. The number of aliphatic hydroxyl groups is 1. The lowest BCUT2D eigenvalue weighted by atomic mass is 9.91. The van der Waals surface area contributed by atoms with Gasteiger partial charge in [0.05, 0.1) is 18.8 Å². The molecule has 0 saturated carbocycles. The Morgan fingerprint density at radius 1 is 0.809 bits per heavy atom. The number of ether oxygens (including phenoxy) is 2. The van der Waals surface area contributed by atoms with Crippen molar-refractivity contribution in [2.45, 2.75) is 50.7 Å². The number of hydrogen-bond acceptors (Lipinski definition) is 7. The molecule has 4 aromatic carbocycles. The number of oxazole rings is 1. The summed E-state index contributed by atoms with van der Waals surface area (Å²) >= 11 is 1.53. The SMILES string of the molecule is CCNC(=O)NCc1ccc([C@H]2O[C@@H](CSc3nc(-c4ccccc4)c(-c4ccccc4)o3)[C@@H](C)[C@@H](c3ccc(CO)cc3)O2)cc1. The van der Waals surface area contributed by atoms with Crippen LogP contribution in [0.25, 0.3) is 22.6 Å². The molecule has 2 heterocycles. The van der Waals surface area contributed by atoms with E-state index in [1.165, 1.54) is 11.8 Å². The Morgan fingerprint density at radius 2 is 1.45 bits per heavy atom. The first kappa shape index (κ1) is 32.5. The van der Waals surface area contributed by atoms with Crippen LogP contribution in [0, 0.1) is 5.92 Å². The summed E-state index contributed by atoms with van der Waals surface area (Å²) in [5.74, 6) is 1.35. The van der Waals surface area contributed by atoms with Crippen LogP contribution in [0.5, 0.6) is 0 Å². The summed E-state index contributed by atoms with van der Waals surface area (Å²) in [6, 6.07) is 35.7. The van der Waals surface area contributed by atoms with Crippen molar-refractivity contribution in [3.63, 3.8) is 0 Å². The summed E-state index contributed by atoms with van der Waals surface area (Å²) in [6.45, 7) is 5.00. The molecular formula is C38H39N3O5S. The maximum atomic E-state index is 11.8. The van der Waals surface area contributed by atoms with Crippen molar-refractivity contribution in [2.75, 3.05) is 12.3 Å². The summed E-state index contributed by atoms with van der Waals surface area (Å²) < 4.78 is 19.7. The van der Waals surface area contributed by atoms with Gasteiger partial charge in [-0.25, -0.2) is 9.78 Å². The Bertz CT molecular complexity index is 1670. The summed E-state index contributed by atoms with van der Waals surface area (Å²) in [6.07, 6.45) is -1.03. The summed E-state index contributed by atoms with van der Waals surface area (Å²) in [4.78, 5) is 16.8. The second-order valence-electron chi connectivity index (χ2n) is 11.5. The molecule has 9 heteroatoms. The highest BCUT2D eigenvalue weighted by Gasteiger charge is 2.38. The van der Waals surface area contributed by atoms with Gasteiger partial charge in [-0.3, -0.25) is 0 Å². The predicted octanol–water partition coefficient (Wildman–Crippen LogP) is 7.90. The summed E-state index contributed by atoms with van der Waals surface area (Å²) in [5.41, 5.74) is 6.50. The zero-order valence-corrected chi connectivity index (χ0v) is 27.3. The number of benzene rings is 4. The fourth-order valence-corrected chi connectivity index (χ4v) is 6.59. The lowest BCUT2D eigenvalue weighted by Gasteiger charge is -2.41. The second-order valence-corrected chi connectivity index (χ2v) is 12.4. The van der Waals surface area contributed by atoms with Gasteiger partial charge < -0.3 is 29.6 Å². The molecule has 0 unspecified atom stereocenters. The molecule has 4 atom stereocenters. The summed E-state index contributed by atoms with van der Waals surface area (Å²) in [7, 11) is 0. The second kappa shape index (κ2) is 15.5. The van der Waals surface area contributed by atoms with Gasteiger partial charge >= 0.3 is 6.03 Å². The van der Waals surface area contributed by atoms with Gasteiger partial charge in [0.2, 0.25) is 0 Å². The van der Waals surface area contributed by atoms with Gasteiger partial charge in [0, 0.05) is 41.5 Å². The third kappa shape index (κ3) is 7.94. The van der Waals surface area contributed by atoms with E-state index in [0.717, 1.165) is 44.8 Å². The zero-order chi connectivity index (χ0) is 32.6. The van der Waals surface area contributed by atoms with Crippen molar-refractivity contribution in [1.82, 2.24) is 15.6 Å². The number of nitrogens with one attached hydrogen (secondary N) is 2. The van der Waals surface area contributed by atoms with Gasteiger partial charge in [0.25, 0.3) is 5.22 Å². The van der Waals surface area contributed by atoms with Crippen LogP contribution in [-0.4, -0.2) is 34.5 Å². The fourth-order valence-electron chi connectivity index (χ4n) is 5.60. The number of aromatic nitrogens is 1. The monoisotopic (exact) mass is 649 g/mol. The standard InChI is InChI=1S/C38H39N3O5S/c1-3-39-37(43)40-22-26-14-20-31(21-15-26)36-44-32(25(2)34(45-36)30-18-16-27(23-42)17-19-30)24-47-38-41-33(28-10-6-4-7-11-28)35(46-38)29-12-8-5-9-13-29/h4-21,25,32,34,36,42H,3,22-24H2,1-2H3,(H2,39,40,43)/t25-,32+,34+,36+/m1/s1. The Hall–Kier alpha value is -4.41. The molecule has 0 spiro atoms. The van der Waals surface area contributed by atoms with Crippen LogP contribution in [-0.2, 0) is 22.6 Å². The molecule has 47 heavy (non-hydrogen) atoms. The van der Waals surface area contributed by atoms with Crippen molar-refractivity contribution in [2.24, 2.45) is 5.92 Å². The van der Waals surface area contributed by atoms with Gasteiger partial charge in [-0.1, -0.05) is 128 Å². The predicted molar refractivity (Wildman–Crippen MR) is 183 cm³/mol. The van der Waals surface area contributed by atoms with E-state index < -0.39 is 6.29 Å². The van der Waals surface area contributed by atoms with Crippen molar-refractivity contribution < 1.29 is 23.8 Å². The largest absolute Gasteiger partial charge is 0.431 e. The van der Waals surface area contributed by atoms with E-state index in [1.807, 2.05) is 116 Å². The van der Waals surface area contributed by atoms with E-state index >= 15 is 0 Å². The highest BCUT2D eigenvalue weighted by atomic mass is 32.2. The average molecular weight is 650 g/mol. The Morgan fingerprint density at radius 3 is 2.11 bits per heavy atom. The first-order valence-electron chi connectivity index (χ1n) is 15.9. The molecule has 0 aliphatic carbocycles. The molecule has 6 rings (SSSR count). The molecule has 3 N–H and O–H groups in total.